The number of methoxy groups -OCH3 is 1. The fourth-order valence-electron chi connectivity index (χ4n) is 3.62. The number of fused-ring (bicyclic) bond motifs is 1. The van der Waals surface area contributed by atoms with Gasteiger partial charge in [0.05, 0.1) is 13.2 Å². The minimum absolute atomic E-state index is 0.217. The zero-order valence-corrected chi connectivity index (χ0v) is 13.3. The molecule has 1 saturated heterocycles. The Hall–Kier alpha value is -1.26. The Morgan fingerprint density at radius 1 is 1.43 bits per heavy atom. The van der Waals surface area contributed by atoms with Gasteiger partial charge >= 0.3 is 0 Å². The van der Waals surface area contributed by atoms with Crippen molar-refractivity contribution in [3.05, 3.63) is 23.3 Å². The highest BCUT2D eigenvalue weighted by Gasteiger charge is 2.30. The molecule has 2 aliphatic heterocycles. The molecule has 0 saturated carbocycles. The average Bonchev–Trinajstić information content (AvgIpc) is 3.03. The summed E-state index contributed by atoms with van der Waals surface area (Å²) in [4.78, 5) is 2.48. The molecule has 3 rings (SSSR count). The zero-order chi connectivity index (χ0) is 15.0. The maximum Gasteiger partial charge on any atom is 0.124 e. The van der Waals surface area contributed by atoms with E-state index in [1.807, 2.05) is 0 Å². The maximum absolute atomic E-state index is 6.09. The van der Waals surface area contributed by atoms with Crippen molar-refractivity contribution < 1.29 is 9.47 Å². The molecule has 0 aliphatic carbocycles. The normalized spacial score (nSPS) is 26.5. The van der Waals surface area contributed by atoms with Gasteiger partial charge in [0.25, 0.3) is 0 Å². The van der Waals surface area contributed by atoms with E-state index in [-0.39, 0.29) is 12.1 Å². The maximum atomic E-state index is 6.09. The Balaban J connectivity index is 1.94. The number of ether oxygens (including phenoxy) is 2. The first-order chi connectivity index (χ1) is 10.1. The van der Waals surface area contributed by atoms with Crippen molar-refractivity contribution in [3.63, 3.8) is 0 Å². The predicted octanol–water partition coefficient (Wildman–Crippen LogP) is 2.36. The van der Waals surface area contributed by atoms with E-state index in [0.717, 1.165) is 36.9 Å². The van der Waals surface area contributed by atoms with Crippen molar-refractivity contribution in [2.24, 2.45) is 11.7 Å². The van der Waals surface area contributed by atoms with Crippen LogP contribution in [0, 0.1) is 5.92 Å². The van der Waals surface area contributed by atoms with Crippen molar-refractivity contribution >= 4 is 0 Å². The number of likely N-dealkylation sites (tertiary alicyclic amines) is 1. The lowest BCUT2D eigenvalue weighted by molar-refractivity contribution is 0.235. The first-order valence-electron chi connectivity index (χ1n) is 7.94. The number of nitrogens with two attached hydrogens (primary N) is 1. The van der Waals surface area contributed by atoms with Crippen LogP contribution >= 0.6 is 0 Å². The molecule has 2 heterocycles. The van der Waals surface area contributed by atoms with Gasteiger partial charge in [0.2, 0.25) is 0 Å². The molecular weight excluding hydrogens is 264 g/mol. The highest BCUT2D eigenvalue weighted by Crippen LogP contribution is 2.39. The summed E-state index contributed by atoms with van der Waals surface area (Å²) in [5.41, 5.74) is 8.50. The second-order valence-corrected chi connectivity index (χ2v) is 6.47. The van der Waals surface area contributed by atoms with Crippen LogP contribution in [0.5, 0.6) is 11.5 Å². The van der Waals surface area contributed by atoms with Crippen LogP contribution in [0.3, 0.4) is 0 Å². The van der Waals surface area contributed by atoms with Crippen LogP contribution in [0.1, 0.15) is 37.4 Å². The molecule has 2 N–H and O–H groups in total. The average molecular weight is 290 g/mol. The molecule has 3 atom stereocenters. The van der Waals surface area contributed by atoms with Crippen LogP contribution in [0.4, 0.5) is 0 Å². The second-order valence-electron chi connectivity index (χ2n) is 6.47. The van der Waals surface area contributed by atoms with E-state index in [1.54, 1.807) is 7.11 Å². The zero-order valence-electron chi connectivity index (χ0n) is 13.3. The number of hydrogen-bond acceptors (Lipinski definition) is 4. The molecule has 0 amide bonds. The van der Waals surface area contributed by atoms with E-state index < -0.39 is 0 Å². The van der Waals surface area contributed by atoms with E-state index in [0.29, 0.717) is 6.54 Å². The van der Waals surface area contributed by atoms with Crippen molar-refractivity contribution in [2.45, 2.75) is 38.8 Å². The molecule has 0 bridgehead atoms. The summed E-state index contributed by atoms with van der Waals surface area (Å²) in [7, 11) is 1.74. The van der Waals surface area contributed by atoms with Crippen LogP contribution in [0.25, 0.3) is 0 Å². The Kier molecular flexibility index (Phi) is 4.09. The third-order valence-electron chi connectivity index (χ3n) is 4.73. The van der Waals surface area contributed by atoms with Gasteiger partial charge in [-0.15, -0.1) is 0 Å². The topological polar surface area (TPSA) is 47.7 Å². The van der Waals surface area contributed by atoms with E-state index in [9.17, 15) is 0 Å². The van der Waals surface area contributed by atoms with Crippen molar-refractivity contribution in [1.82, 2.24) is 4.90 Å². The van der Waals surface area contributed by atoms with Crippen molar-refractivity contribution in [2.75, 3.05) is 26.7 Å². The van der Waals surface area contributed by atoms with Crippen LogP contribution in [-0.2, 0) is 6.42 Å². The van der Waals surface area contributed by atoms with E-state index in [1.165, 1.54) is 17.5 Å². The van der Waals surface area contributed by atoms with E-state index in [2.05, 4.69) is 30.9 Å². The quantitative estimate of drug-likeness (QED) is 0.925. The summed E-state index contributed by atoms with van der Waals surface area (Å²) >= 11 is 0. The molecule has 4 heteroatoms. The summed E-state index contributed by atoms with van der Waals surface area (Å²) in [6.07, 6.45) is 2.46. The third kappa shape index (κ3) is 2.74. The van der Waals surface area contributed by atoms with Gasteiger partial charge in [0.1, 0.15) is 17.6 Å². The number of nitrogens with zero attached hydrogens (tertiary/aromatic N) is 1. The molecule has 2 aliphatic rings. The molecule has 3 unspecified atom stereocenters. The van der Waals surface area contributed by atoms with Gasteiger partial charge in [0.15, 0.2) is 0 Å². The molecule has 4 nitrogen and oxygen atoms in total. The Bertz CT molecular complexity index is 518. The molecule has 0 aromatic heterocycles. The van der Waals surface area contributed by atoms with E-state index >= 15 is 0 Å². The summed E-state index contributed by atoms with van der Waals surface area (Å²) in [6.45, 7) is 7.24. The van der Waals surface area contributed by atoms with E-state index in [4.69, 9.17) is 15.2 Å². The Morgan fingerprint density at radius 3 is 2.86 bits per heavy atom. The van der Waals surface area contributed by atoms with Crippen molar-refractivity contribution in [3.8, 4) is 11.5 Å². The van der Waals surface area contributed by atoms with Gasteiger partial charge in [-0.05, 0) is 37.9 Å². The van der Waals surface area contributed by atoms with Gasteiger partial charge in [-0.2, -0.15) is 0 Å². The minimum atomic E-state index is 0.217. The number of rotatable bonds is 4. The number of hydrogen-bond donors (Lipinski definition) is 1. The molecule has 1 aromatic carbocycles. The van der Waals surface area contributed by atoms with Crippen molar-refractivity contribution in [1.29, 1.82) is 0 Å². The predicted molar refractivity (Wildman–Crippen MR) is 83.9 cm³/mol. The SMILES string of the molecule is COc1cc2c(cc1C(CN)N1CCC(C)C1)OC(C)C2. The fourth-order valence-corrected chi connectivity index (χ4v) is 3.62. The summed E-state index contributed by atoms with van der Waals surface area (Å²) < 4.78 is 11.5. The molecule has 0 radical (unpaired) electrons. The first kappa shape index (κ1) is 14.7. The van der Waals surface area contributed by atoms with Gasteiger partial charge in [-0.3, -0.25) is 4.90 Å². The highest BCUT2D eigenvalue weighted by atomic mass is 16.5. The lowest BCUT2D eigenvalue weighted by Crippen LogP contribution is -2.32. The summed E-state index contributed by atoms with van der Waals surface area (Å²) in [5.74, 6) is 2.70. The number of benzene rings is 1. The lowest BCUT2D eigenvalue weighted by atomic mass is 10.00. The van der Waals surface area contributed by atoms with Crippen LogP contribution < -0.4 is 15.2 Å². The van der Waals surface area contributed by atoms with Gasteiger partial charge in [0, 0.05) is 30.6 Å². The smallest absolute Gasteiger partial charge is 0.124 e. The Morgan fingerprint density at radius 2 is 2.24 bits per heavy atom. The van der Waals surface area contributed by atoms with Gasteiger partial charge in [-0.25, -0.2) is 0 Å². The fraction of sp³-hybridized carbons (Fsp3) is 0.647. The van der Waals surface area contributed by atoms with Crippen LogP contribution in [0.15, 0.2) is 12.1 Å². The molecule has 116 valence electrons. The molecule has 1 fully saturated rings. The van der Waals surface area contributed by atoms with Crippen LogP contribution in [-0.4, -0.2) is 37.7 Å². The lowest BCUT2D eigenvalue weighted by Gasteiger charge is -2.28. The molecule has 0 spiro atoms. The largest absolute Gasteiger partial charge is 0.496 e. The van der Waals surface area contributed by atoms with Gasteiger partial charge in [-0.1, -0.05) is 6.92 Å². The standard InChI is InChI=1S/C17H26N2O2/c1-11-4-5-19(10-11)15(9-18)14-8-16-13(6-12(2)21-16)7-17(14)20-3/h7-8,11-12,15H,4-6,9-10,18H2,1-3H3. The van der Waals surface area contributed by atoms with Crippen LogP contribution in [0.2, 0.25) is 0 Å². The molecular formula is C17H26N2O2. The second kappa shape index (κ2) is 5.85. The first-order valence-corrected chi connectivity index (χ1v) is 7.94. The molecule has 1 aromatic rings. The third-order valence-corrected chi connectivity index (χ3v) is 4.73. The minimum Gasteiger partial charge on any atom is -0.496 e. The monoisotopic (exact) mass is 290 g/mol. The molecule has 21 heavy (non-hydrogen) atoms. The highest BCUT2D eigenvalue weighted by molar-refractivity contribution is 5.50. The summed E-state index contributed by atoms with van der Waals surface area (Å²) in [6, 6.07) is 4.50. The Labute approximate surface area is 127 Å². The summed E-state index contributed by atoms with van der Waals surface area (Å²) in [5, 5.41) is 0. The van der Waals surface area contributed by atoms with Gasteiger partial charge < -0.3 is 15.2 Å².